The Morgan fingerprint density at radius 3 is 2.69 bits per heavy atom. The monoisotopic (exact) mass is 464 g/mol. The normalized spacial score (nSPS) is 44.8. The molecule has 176 valence electrons. The van der Waals surface area contributed by atoms with E-state index < -0.39 is 29.6 Å². The van der Waals surface area contributed by atoms with Gasteiger partial charge in [-0.05, 0) is 68.4 Å². The number of hydrogen-bond acceptors (Lipinski definition) is 6. The van der Waals surface area contributed by atoms with E-state index in [-0.39, 0.29) is 46.9 Å². The Bertz CT molecular complexity index is 895. The van der Waals surface area contributed by atoms with Gasteiger partial charge in [0.15, 0.2) is 12.4 Å². The second-order valence-electron chi connectivity index (χ2n) is 10.5. The van der Waals surface area contributed by atoms with Crippen molar-refractivity contribution in [1.29, 1.82) is 0 Å². The lowest BCUT2D eigenvalue weighted by Crippen LogP contribution is -2.62. The molecule has 8 atom stereocenters. The number of hydrogen-bond donors (Lipinski definition) is 1. The van der Waals surface area contributed by atoms with Gasteiger partial charge in [0.1, 0.15) is 5.60 Å². The Balaban J connectivity index is 1.64. The summed E-state index contributed by atoms with van der Waals surface area (Å²) in [6, 6.07) is 0. The van der Waals surface area contributed by atoms with Crippen molar-refractivity contribution in [3.63, 3.8) is 0 Å². The molecule has 0 aromatic carbocycles. The van der Waals surface area contributed by atoms with E-state index in [2.05, 4.69) is 6.92 Å². The van der Waals surface area contributed by atoms with Crippen LogP contribution in [0, 0.1) is 34.5 Å². The SMILES string of the molecule is CCOC(=O)OCC(=O)[C@@]1(O)C(C)C[C@H]2[C@@H]3CCC4=CC(=O)C=C[C@]4(C)[C@H]3C(Cl)C[C@@]21C. The summed E-state index contributed by atoms with van der Waals surface area (Å²) in [5.74, 6) is -0.279. The third-order valence-corrected chi connectivity index (χ3v) is 9.47. The number of Topliss-reactive ketones (excluding diaryl/α,β-unsaturated/α-hetero) is 1. The molecule has 0 aromatic heterocycles. The predicted octanol–water partition coefficient (Wildman–Crippen LogP) is 4.23. The van der Waals surface area contributed by atoms with Crippen molar-refractivity contribution >= 4 is 29.3 Å². The first-order chi connectivity index (χ1) is 15.0. The number of aliphatic hydroxyl groups is 1. The molecule has 4 aliphatic carbocycles. The number of fused-ring (bicyclic) bond motifs is 5. The molecular formula is C25H33ClO6. The van der Waals surface area contributed by atoms with Crippen molar-refractivity contribution in [2.75, 3.05) is 13.2 Å². The third kappa shape index (κ3) is 3.20. The van der Waals surface area contributed by atoms with Crippen LogP contribution in [0.15, 0.2) is 23.8 Å². The van der Waals surface area contributed by atoms with E-state index in [1.165, 1.54) is 0 Å². The molecule has 0 bridgehead atoms. The van der Waals surface area contributed by atoms with Crippen molar-refractivity contribution in [2.45, 2.75) is 64.4 Å². The Hall–Kier alpha value is -1.66. The molecule has 2 unspecified atom stereocenters. The fraction of sp³-hybridized carbons (Fsp3) is 0.720. The molecule has 0 spiro atoms. The van der Waals surface area contributed by atoms with Crippen LogP contribution in [0.25, 0.3) is 0 Å². The average molecular weight is 465 g/mol. The lowest BCUT2D eigenvalue weighted by atomic mass is 9.47. The number of carbonyl (C=O) groups excluding carboxylic acids is 3. The molecule has 0 amide bonds. The van der Waals surface area contributed by atoms with Crippen LogP contribution in [0.1, 0.15) is 53.4 Å². The topological polar surface area (TPSA) is 89.9 Å². The zero-order valence-electron chi connectivity index (χ0n) is 19.2. The Kier molecular flexibility index (Phi) is 5.86. The zero-order valence-corrected chi connectivity index (χ0v) is 20.0. The van der Waals surface area contributed by atoms with Crippen molar-refractivity contribution in [2.24, 2.45) is 34.5 Å². The van der Waals surface area contributed by atoms with E-state index >= 15 is 0 Å². The fourth-order valence-electron chi connectivity index (χ4n) is 7.58. The van der Waals surface area contributed by atoms with Crippen molar-refractivity contribution in [3.05, 3.63) is 23.8 Å². The van der Waals surface area contributed by atoms with E-state index in [9.17, 15) is 19.5 Å². The van der Waals surface area contributed by atoms with Crippen LogP contribution in [0.4, 0.5) is 4.79 Å². The Morgan fingerprint density at radius 2 is 2.00 bits per heavy atom. The third-order valence-electron chi connectivity index (χ3n) is 9.05. The highest BCUT2D eigenvalue weighted by molar-refractivity contribution is 6.21. The van der Waals surface area contributed by atoms with E-state index in [4.69, 9.17) is 21.1 Å². The van der Waals surface area contributed by atoms with Gasteiger partial charge in [0, 0.05) is 16.2 Å². The zero-order chi connectivity index (χ0) is 23.5. The van der Waals surface area contributed by atoms with Crippen LogP contribution < -0.4 is 0 Å². The molecule has 1 N–H and O–H groups in total. The number of ketones is 2. The molecule has 0 aliphatic heterocycles. The van der Waals surface area contributed by atoms with E-state index in [1.807, 2.05) is 19.9 Å². The highest BCUT2D eigenvalue weighted by Gasteiger charge is 2.70. The van der Waals surface area contributed by atoms with Crippen LogP contribution in [-0.2, 0) is 19.1 Å². The first kappa shape index (κ1) is 23.5. The molecule has 3 saturated carbocycles. The molecule has 6 nitrogen and oxygen atoms in total. The Morgan fingerprint density at radius 1 is 1.28 bits per heavy atom. The van der Waals surface area contributed by atoms with Gasteiger partial charge in [-0.15, -0.1) is 11.6 Å². The molecule has 3 fully saturated rings. The average Bonchev–Trinajstić information content (AvgIpc) is 2.93. The molecule has 0 aromatic rings. The van der Waals surface area contributed by atoms with E-state index in [0.29, 0.717) is 12.8 Å². The summed E-state index contributed by atoms with van der Waals surface area (Å²) in [7, 11) is 0. The van der Waals surface area contributed by atoms with Gasteiger partial charge in [0.2, 0.25) is 5.78 Å². The van der Waals surface area contributed by atoms with Gasteiger partial charge in [-0.2, -0.15) is 0 Å². The molecule has 0 heterocycles. The highest BCUT2D eigenvalue weighted by atomic mass is 35.5. The first-order valence-corrected chi connectivity index (χ1v) is 12.1. The smallest absolute Gasteiger partial charge is 0.435 e. The van der Waals surface area contributed by atoms with Crippen LogP contribution in [0.3, 0.4) is 0 Å². The second kappa shape index (κ2) is 7.98. The fourth-order valence-corrected chi connectivity index (χ4v) is 8.35. The summed E-state index contributed by atoms with van der Waals surface area (Å²) in [5, 5.41) is 11.6. The lowest BCUT2D eigenvalue weighted by Gasteiger charge is -2.59. The van der Waals surface area contributed by atoms with Crippen molar-refractivity contribution in [1.82, 2.24) is 0 Å². The molecular weight excluding hydrogens is 432 g/mol. The number of alkyl halides is 1. The molecule has 0 saturated heterocycles. The number of allylic oxidation sites excluding steroid dienone is 4. The maximum Gasteiger partial charge on any atom is 0.508 e. The standard InChI is InChI=1S/C25H33ClO6/c1-5-31-22(29)32-13-20(28)25(30)14(2)10-18-17-7-6-15-11-16(27)8-9-23(15,3)21(17)19(26)12-24(18,25)4/h8-9,11,14,17-19,21,30H,5-7,10,12-13H2,1-4H3/t14?,17-,18-,19?,21+,23-,24-,25-/m0/s1. The minimum atomic E-state index is -1.63. The van der Waals surface area contributed by atoms with Gasteiger partial charge in [0.05, 0.1) is 6.61 Å². The van der Waals surface area contributed by atoms with Crippen molar-refractivity contribution < 1.29 is 29.0 Å². The van der Waals surface area contributed by atoms with Crippen LogP contribution in [-0.4, -0.2) is 47.0 Å². The van der Waals surface area contributed by atoms with E-state index in [0.717, 1.165) is 18.4 Å². The molecule has 32 heavy (non-hydrogen) atoms. The summed E-state index contributed by atoms with van der Waals surface area (Å²) in [4.78, 5) is 36.8. The second-order valence-corrected chi connectivity index (χ2v) is 11.0. The predicted molar refractivity (Wildman–Crippen MR) is 119 cm³/mol. The minimum Gasteiger partial charge on any atom is -0.435 e. The van der Waals surface area contributed by atoms with Gasteiger partial charge < -0.3 is 14.6 Å². The van der Waals surface area contributed by atoms with Gasteiger partial charge in [-0.25, -0.2) is 4.79 Å². The highest BCUT2D eigenvalue weighted by Crippen LogP contribution is 2.69. The summed E-state index contributed by atoms with van der Waals surface area (Å²) in [5.41, 5.74) is -1.50. The maximum atomic E-state index is 13.3. The minimum absolute atomic E-state index is 0.0266. The van der Waals surface area contributed by atoms with Crippen LogP contribution in [0.5, 0.6) is 0 Å². The van der Waals surface area contributed by atoms with Crippen LogP contribution >= 0.6 is 11.6 Å². The number of halogens is 1. The summed E-state index contributed by atoms with van der Waals surface area (Å²) in [6.07, 6.45) is 7.41. The van der Waals surface area contributed by atoms with Gasteiger partial charge in [-0.3, -0.25) is 9.59 Å². The molecule has 4 aliphatic rings. The number of carbonyl (C=O) groups is 3. The molecule has 7 heteroatoms. The van der Waals surface area contributed by atoms with Gasteiger partial charge in [-0.1, -0.05) is 32.4 Å². The molecule has 0 radical (unpaired) electrons. The van der Waals surface area contributed by atoms with E-state index in [1.54, 1.807) is 19.1 Å². The maximum absolute atomic E-state index is 13.3. The first-order valence-electron chi connectivity index (χ1n) is 11.6. The lowest BCUT2D eigenvalue weighted by molar-refractivity contribution is -0.169. The quantitative estimate of drug-likeness (QED) is 0.494. The molecule has 4 rings (SSSR count). The summed E-state index contributed by atoms with van der Waals surface area (Å²) >= 11 is 7.07. The summed E-state index contributed by atoms with van der Waals surface area (Å²) in [6.45, 7) is 7.34. The summed E-state index contributed by atoms with van der Waals surface area (Å²) < 4.78 is 9.72. The Labute approximate surface area is 194 Å². The largest absolute Gasteiger partial charge is 0.508 e. The number of rotatable bonds is 4. The van der Waals surface area contributed by atoms with Gasteiger partial charge in [0.25, 0.3) is 0 Å². The number of ether oxygens (including phenoxy) is 2. The van der Waals surface area contributed by atoms with Crippen molar-refractivity contribution in [3.8, 4) is 0 Å². The van der Waals surface area contributed by atoms with Gasteiger partial charge >= 0.3 is 6.16 Å². The van der Waals surface area contributed by atoms with Crippen LogP contribution in [0.2, 0.25) is 0 Å².